The summed E-state index contributed by atoms with van der Waals surface area (Å²) in [5.74, 6) is 0. The molecule has 0 aliphatic heterocycles. The van der Waals surface area contributed by atoms with Crippen molar-refractivity contribution in [2.75, 3.05) is 26.0 Å². The molecule has 0 aromatic heterocycles. The first-order chi connectivity index (χ1) is 15.3. The minimum absolute atomic E-state index is 0.237. The predicted octanol–water partition coefficient (Wildman–Crippen LogP) is 4.68. The van der Waals surface area contributed by atoms with Crippen molar-refractivity contribution in [1.29, 1.82) is 0 Å². The van der Waals surface area contributed by atoms with Crippen LogP contribution in [0, 0.1) is 0 Å². The number of benzene rings is 2. The fraction of sp³-hybridized carbons (Fsp3) is 0.385. The molecule has 3 rings (SSSR count). The number of nitrogens with one attached hydrogen (secondary N) is 2. The molecule has 6 heteroatoms. The van der Waals surface area contributed by atoms with Crippen molar-refractivity contribution in [2.24, 2.45) is 0 Å². The minimum atomic E-state index is -3.42. The van der Waals surface area contributed by atoms with E-state index in [2.05, 4.69) is 30.0 Å². The van der Waals surface area contributed by atoms with Gasteiger partial charge < -0.3 is 10.1 Å². The lowest BCUT2D eigenvalue weighted by Gasteiger charge is -2.29. The first kappa shape index (κ1) is 24.4. The Morgan fingerprint density at radius 3 is 2.06 bits per heavy atom. The molecule has 0 amide bonds. The molecule has 0 unspecified atom stereocenters. The molecule has 2 aromatic carbocycles. The highest BCUT2D eigenvalue weighted by Gasteiger charge is 2.27. The molecule has 32 heavy (non-hydrogen) atoms. The highest BCUT2D eigenvalue weighted by Crippen LogP contribution is 2.29. The average Bonchev–Trinajstić information content (AvgIpc) is 2.78. The van der Waals surface area contributed by atoms with Gasteiger partial charge in [0.1, 0.15) is 0 Å². The zero-order chi connectivity index (χ0) is 23.0. The molecular weight excluding hydrogens is 420 g/mol. The fourth-order valence-electron chi connectivity index (χ4n) is 3.94. The van der Waals surface area contributed by atoms with E-state index >= 15 is 0 Å². The average molecular weight is 455 g/mol. The van der Waals surface area contributed by atoms with Crippen LogP contribution in [0.1, 0.15) is 49.9 Å². The largest absolute Gasteiger partial charge is 0.376 e. The molecular formula is C26H34N2O3S. The Bertz CT molecular complexity index is 1030. The van der Waals surface area contributed by atoms with Gasteiger partial charge in [-0.1, -0.05) is 77.9 Å². The summed E-state index contributed by atoms with van der Waals surface area (Å²) in [7, 11) is -3.42. The molecule has 172 valence electrons. The molecule has 2 atom stereocenters. The third kappa shape index (κ3) is 7.41. The summed E-state index contributed by atoms with van der Waals surface area (Å²) in [5, 5.41) is 3.53. The number of allylic oxidation sites excluding steroid dienone is 3. The number of rotatable bonds is 11. The molecule has 1 aliphatic rings. The van der Waals surface area contributed by atoms with Gasteiger partial charge in [0.25, 0.3) is 0 Å². The fourth-order valence-corrected chi connectivity index (χ4v) is 4.68. The Labute approximate surface area is 192 Å². The van der Waals surface area contributed by atoms with Gasteiger partial charge in [0.05, 0.1) is 31.6 Å². The monoisotopic (exact) mass is 454 g/mol. The molecule has 0 saturated heterocycles. The highest BCUT2D eigenvalue weighted by molar-refractivity contribution is 7.88. The van der Waals surface area contributed by atoms with E-state index in [-0.39, 0.29) is 6.04 Å². The van der Waals surface area contributed by atoms with Gasteiger partial charge in [-0.2, -0.15) is 0 Å². The summed E-state index contributed by atoms with van der Waals surface area (Å²) >= 11 is 0. The Morgan fingerprint density at radius 1 is 0.906 bits per heavy atom. The first-order valence-electron chi connectivity index (χ1n) is 11.0. The molecule has 0 heterocycles. The quantitative estimate of drug-likeness (QED) is 0.382. The molecule has 2 aromatic rings. The molecule has 0 saturated carbocycles. The maximum Gasteiger partial charge on any atom is 0.209 e. The zero-order valence-corrected chi connectivity index (χ0v) is 20.0. The second-order valence-corrected chi connectivity index (χ2v) is 10.3. The van der Waals surface area contributed by atoms with E-state index in [1.807, 2.05) is 60.7 Å². The third-order valence-corrected chi connectivity index (χ3v) is 6.49. The van der Waals surface area contributed by atoms with Crippen LogP contribution in [0.25, 0.3) is 0 Å². The van der Waals surface area contributed by atoms with Gasteiger partial charge in [-0.3, -0.25) is 0 Å². The van der Waals surface area contributed by atoms with Crippen molar-refractivity contribution in [3.63, 3.8) is 0 Å². The number of hydrogen-bond donors (Lipinski definition) is 2. The van der Waals surface area contributed by atoms with Crippen LogP contribution < -0.4 is 10.0 Å². The molecule has 0 radical (unpaired) electrons. The number of hydrogen-bond acceptors (Lipinski definition) is 4. The minimum Gasteiger partial charge on any atom is -0.376 e. The maximum atomic E-state index is 12.2. The van der Waals surface area contributed by atoms with Crippen LogP contribution in [0.2, 0.25) is 0 Å². The van der Waals surface area contributed by atoms with Crippen LogP contribution in [-0.4, -0.2) is 34.4 Å². The highest BCUT2D eigenvalue weighted by atomic mass is 32.2. The van der Waals surface area contributed by atoms with Crippen molar-refractivity contribution in [2.45, 2.75) is 38.8 Å². The molecule has 0 bridgehead atoms. The second-order valence-electron chi connectivity index (χ2n) is 8.48. The first-order valence-corrected chi connectivity index (χ1v) is 12.9. The summed E-state index contributed by atoms with van der Waals surface area (Å²) in [6.07, 6.45) is 5.46. The van der Waals surface area contributed by atoms with Crippen LogP contribution >= 0.6 is 0 Å². The predicted molar refractivity (Wildman–Crippen MR) is 131 cm³/mol. The summed E-state index contributed by atoms with van der Waals surface area (Å²) in [5.41, 5.74) is 6.14. The van der Waals surface area contributed by atoms with Crippen molar-refractivity contribution in [1.82, 2.24) is 10.0 Å². The summed E-state index contributed by atoms with van der Waals surface area (Å²) in [4.78, 5) is 0. The van der Waals surface area contributed by atoms with Crippen LogP contribution in [0.5, 0.6) is 0 Å². The summed E-state index contributed by atoms with van der Waals surface area (Å²) in [6.45, 7) is 6.15. The molecule has 5 nitrogen and oxygen atoms in total. The Kier molecular flexibility index (Phi) is 8.82. The summed E-state index contributed by atoms with van der Waals surface area (Å²) in [6, 6.07) is 18.9. The smallest absolute Gasteiger partial charge is 0.209 e. The lowest BCUT2D eigenvalue weighted by Crippen LogP contribution is -2.39. The normalized spacial score (nSPS) is 16.5. The van der Waals surface area contributed by atoms with Gasteiger partial charge in [0.15, 0.2) is 0 Å². The lowest BCUT2D eigenvalue weighted by molar-refractivity contribution is 0.152. The number of sulfonamides is 1. The Balaban J connectivity index is 1.67. The maximum absolute atomic E-state index is 12.2. The van der Waals surface area contributed by atoms with Crippen LogP contribution in [-0.2, 0) is 14.8 Å². The second kappa shape index (κ2) is 11.6. The van der Waals surface area contributed by atoms with Crippen molar-refractivity contribution >= 4 is 10.0 Å². The van der Waals surface area contributed by atoms with Gasteiger partial charge in [-0.25, -0.2) is 13.1 Å². The van der Waals surface area contributed by atoms with Crippen LogP contribution in [0.4, 0.5) is 0 Å². The third-order valence-electron chi connectivity index (χ3n) is 5.81. The van der Waals surface area contributed by atoms with Crippen molar-refractivity contribution in [3.8, 4) is 0 Å². The zero-order valence-electron chi connectivity index (χ0n) is 19.2. The van der Waals surface area contributed by atoms with E-state index in [4.69, 9.17) is 4.74 Å². The van der Waals surface area contributed by atoms with E-state index in [1.165, 1.54) is 23.0 Å². The molecule has 0 spiro atoms. The van der Waals surface area contributed by atoms with E-state index in [9.17, 15) is 8.42 Å². The van der Waals surface area contributed by atoms with E-state index in [0.29, 0.717) is 19.8 Å². The van der Waals surface area contributed by atoms with Gasteiger partial charge >= 0.3 is 0 Å². The molecule has 0 fully saturated rings. The standard InChI is InChI=1S/C26H34N2O3S/c1-20-14-15-22(18-21(20)2)19-31-17-16-27-25(23-10-6-4-7-11-23)26(28-32(3,29)30)24-12-8-5-9-13-24/h4-13,15,25-28H,14,16-19H2,1-3H3/t25-,26+/m0/s1. The van der Waals surface area contributed by atoms with Gasteiger partial charge in [0.2, 0.25) is 10.0 Å². The van der Waals surface area contributed by atoms with E-state index in [0.717, 1.165) is 24.0 Å². The van der Waals surface area contributed by atoms with E-state index < -0.39 is 16.1 Å². The Morgan fingerprint density at radius 2 is 1.50 bits per heavy atom. The van der Waals surface area contributed by atoms with Gasteiger partial charge in [0, 0.05) is 6.54 Å². The van der Waals surface area contributed by atoms with Crippen LogP contribution in [0.15, 0.2) is 83.5 Å². The molecule has 2 N–H and O–H groups in total. The van der Waals surface area contributed by atoms with Crippen molar-refractivity contribution in [3.05, 3.63) is 94.6 Å². The molecule has 1 aliphatic carbocycles. The SMILES string of the molecule is CC1=C(C)CC(COCCN[C@@H](c2ccccc2)[C@H](NS(C)(=O)=O)c2ccccc2)=CC1. The van der Waals surface area contributed by atoms with Crippen LogP contribution in [0.3, 0.4) is 0 Å². The summed E-state index contributed by atoms with van der Waals surface area (Å²) < 4.78 is 33.1. The van der Waals surface area contributed by atoms with Gasteiger partial charge in [-0.15, -0.1) is 0 Å². The van der Waals surface area contributed by atoms with Crippen molar-refractivity contribution < 1.29 is 13.2 Å². The van der Waals surface area contributed by atoms with E-state index in [1.54, 1.807) is 0 Å². The number of ether oxygens (including phenoxy) is 1. The topological polar surface area (TPSA) is 67.4 Å². The Hall–Kier alpha value is -2.25. The van der Waals surface area contributed by atoms with Gasteiger partial charge in [-0.05, 0) is 43.4 Å². The lowest BCUT2D eigenvalue weighted by atomic mass is 9.94.